The van der Waals surface area contributed by atoms with Crippen LogP contribution >= 0.6 is 0 Å². The summed E-state index contributed by atoms with van der Waals surface area (Å²) in [6, 6.07) is 6.78. The first kappa shape index (κ1) is 16.6. The largest absolute Gasteiger partial charge is 0.322 e. The Kier molecular flexibility index (Phi) is 4.66. The Morgan fingerprint density at radius 1 is 1.42 bits per heavy atom. The van der Waals surface area contributed by atoms with Crippen molar-refractivity contribution in [3.63, 3.8) is 0 Å². The first-order valence-electron chi connectivity index (χ1n) is 8.25. The lowest BCUT2D eigenvalue weighted by Crippen LogP contribution is -2.33. The predicted molar refractivity (Wildman–Crippen MR) is 91.2 cm³/mol. The summed E-state index contributed by atoms with van der Waals surface area (Å²) in [6.45, 7) is 6.88. The third-order valence-corrected chi connectivity index (χ3v) is 4.62. The van der Waals surface area contributed by atoms with Gasteiger partial charge in [0.2, 0.25) is 5.91 Å². The summed E-state index contributed by atoms with van der Waals surface area (Å²) in [7, 11) is 0. The molecule has 2 atom stereocenters. The van der Waals surface area contributed by atoms with Gasteiger partial charge in [-0.05, 0) is 32.3 Å². The van der Waals surface area contributed by atoms with Gasteiger partial charge in [-0.3, -0.25) is 14.8 Å². The van der Waals surface area contributed by atoms with E-state index in [1.807, 2.05) is 26.0 Å². The summed E-state index contributed by atoms with van der Waals surface area (Å²) < 4.78 is 14.2. The highest BCUT2D eigenvalue weighted by molar-refractivity contribution is 5.93. The molecule has 1 aromatic carbocycles. The maximum absolute atomic E-state index is 14.2. The van der Waals surface area contributed by atoms with E-state index in [9.17, 15) is 9.18 Å². The van der Waals surface area contributed by atoms with Crippen molar-refractivity contribution in [1.29, 1.82) is 0 Å². The lowest BCUT2D eigenvalue weighted by Gasteiger charge is -2.24. The van der Waals surface area contributed by atoms with Crippen LogP contribution in [0.1, 0.15) is 36.3 Å². The summed E-state index contributed by atoms with van der Waals surface area (Å²) in [6.07, 6.45) is 0.859. The molecule has 128 valence electrons. The van der Waals surface area contributed by atoms with Crippen molar-refractivity contribution >= 4 is 11.6 Å². The SMILES string of the molecule is Cc1n[nH]c(C)c1NC(=O)CN1CC(C)CC1c1ccccc1F. The molecule has 0 bridgehead atoms. The molecule has 1 aliphatic rings. The van der Waals surface area contributed by atoms with Gasteiger partial charge < -0.3 is 5.32 Å². The molecular weight excluding hydrogens is 307 g/mol. The Hall–Kier alpha value is -2.21. The standard InChI is InChI=1S/C18H23FN4O/c1-11-8-16(14-6-4-5-7-15(14)19)23(9-11)10-17(24)20-18-12(2)21-22-13(18)3/h4-7,11,16H,8-10H2,1-3H3,(H,20,24)(H,21,22). The van der Waals surface area contributed by atoms with Crippen LogP contribution in [0, 0.1) is 25.6 Å². The molecule has 0 radical (unpaired) electrons. The second-order valence-corrected chi connectivity index (χ2v) is 6.66. The van der Waals surface area contributed by atoms with Crippen LogP contribution in [0.2, 0.25) is 0 Å². The van der Waals surface area contributed by atoms with Crippen molar-refractivity contribution in [2.45, 2.75) is 33.2 Å². The number of amides is 1. The summed E-state index contributed by atoms with van der Waals surface area (Å²) in [5.74, 6) is 0.126. The van der Waals surface area contributed by atoms with Crippen molar-refractivity contribution < 1.29 is 9.18 Å². The number of carbonyl (C=O) groups is 1. The van der Waals surface area contributed by atoms with Crippen LogP contribution in [-0.2, 0) is 4.79 Å². The summed E-state index contributed by atoms with van der Waals surface area (Å²) in [5.41, 5.74) is 3.00. The van der Waals surface area contributed by atoms with Crippen LogP contribution in [0.3, 0.4) is 0 Å². The van der Waals surface area contributed by atoms with Gasteiger partial charge in [0.15, 0.2) is 0 Å². The van der Waals surface area contributed by atoms with Gasteiger partial charge in [-0.1, -0.05) is 25.1 Å². The number of rotatable bonds is 4. The van der Waals surface area contributed by atoms with Crippen molar-refractivity contribution in [3.8, 4) is 0 Å². The molecule has 2 aromatic rings. The van der Waals surface area contributed by atoms with E-state index < -0.39 is 0 Å². The summed E-state index contributed by atoms with van der Waals surface area (Å²) in [5, 5.41) is 9.86. The number of anilines is 1. The van der Waals surface area contributed by atoms with Gasteiger partial charge in [0.25, 0.3) is 0 Å². The fraction of sp³-hybridized carbons (Fsp3) is 0.444. The molecule has 3 rings (SSSR count). The first-order valence-corrected chi connectivity index (χ1v) is 8.25. The number of aromatic nitrogens is 2. The van der Waals surface area contributed by atoms with Crippen molar-refractivity contribution in [3.05, 3.63) is 47.0 Å². The molecule has 24 heavy (non-hydrogen) atoms. The number of hydrogen-bond acceptors (Lipinski definition) is 3. The second-order valence-electron chi connectivity index (χ2n) is 6.66. The van der Waals surface area contributed by atoms with E-state index in [0.29, 0.717) is 11.5 Å². The highest BCUT2D eigenvalue weighted by Gasteiger charge is 2.33. The van der Waals surface area contributed by atoms with E-state index in [1.165, 1.54) is 6.07 Å². The van der Waals surface area contributed by atoms with Crippen molar-refractivity contribution in [2.75, 3.05) is 18.4 Å². The lowest BCUT2D eigenvalue weighted by atomic mass is 10.0. The highest BCUT2D eigenvalue weighted by Crippen LogP contribution is 2.36. The minimum Gasteiger partial charge on any atom is -0.322 e. The second kappa shape index (κ2) is 6.73. The number of H-pyrrole nitrogens is 1. The van der Waals surface area contributed by atoms with E-state index in [4.69, 9.17) is 0 Å². The molecule has 6 heteroatoms. The highest BCUT2D eigenvalue weighted by atomic mass is 19.1. The summed E-state index contributed by atoms with van der Waals surface area (Å²) in [4.78, 5) is 14.5. The molecule has 0 aliphatic carbocycles. The van der Waals surface area contributed by atoms with Crippen LogP contribution in [-0.4, -0.2) is 34.1 Å². The molecule has 2 unspecified atom stereocenters. The number of halogens is 1. The molecule has 1 aliphatic heterocycles. The fourth-order valence-corrected chi connectivity index (χ4v) is 3.47. The minimum atomic E-state index is -0.205. The third kappa shape index (κ3) is 3.33. The molecule has 1 saturated heterocycles. The van der Waals surface area contributed by atoms with Crippen LogP contribution in [0.4, 0.5) is 10.1 Å². The zero-order chi connectivity index (χ0) is 17.3. The number of benzene rings is 1. The first-order chi connectivity index (χ1) is 11.5. The topological polar surface area (TPSA) is 61.0 Å². The quantitative estimate of drug-likeness (QED) is 0.905. The van der Waals surface area contributed by atoms with Gasteiger partial charge in [-0.15, -0.1) is 0 Å². The number of hydrogen-bond donors (Lipinski definition) is 2. The average Bonchev–Trinajstić information content (AvgIpc) is 3.04. The number of carbonyl (C=O) groups excluding carboxylic acids is 1. The van der Waals surface area contributed by atoms with Crippen LogP contribution < -0.4 is 5.32 Å². The molecule has 1 fully saturated rings. The van der Waals surface area contributed by atoms with Crippen LogP contribution in [0.5, 0.6) is 0 Å². The van der Waals surface area contributed by atoms with Gasteiger partial charge in [0, 0.05) is 18.2 Å². The van der Waals surface area contributed by atoms with Gasteiger partial charge >= 0.3 is 0 Å². The molecular formula is C18H23FN4O. The molecule has 5 nitrogen and oxygen atoms in total. The third-order valence-electron chi connectivity index (χ3n) is 4.62. The Morgan fingerprint density at radius 2 is 2.17 bits per heavy atom. The van der Waals surface area contributed by atoms with Crippen molar-refractivity contribution in [2.24, 2.45) is 5.92 Å². The minimum absolute atomic E-state index is 0.0570. The molecule has 0 saturated carbocycles. The zero-order valence-electron chi connectivity index (χ0n) is 14.3. The van der Waals surface area contributed by atoms with E-state index in [0.717, 1.165) is 30.0 Å². The Morgan fingerprint density at radius 3 is 2.83 bits per heavy atom. The summed E-state index contributed by atoms with van der Waals surface area (Å²) >= 11 is 0. The van der Waals surface area contributed by atoms with Gasteiger partial charge in [-0.25, -0.2) is 4.39 Å². The lowest BCUT2D eigenvalue weighted by molar-refractivity contribution is -0.117. The molecule has 0 spiro atoms. The number of nitrogens with zero attached hydrogens (tertiary/aromatic N) is 2. The number of aromatic amines is 1. The molecule has 1 aromatic heterocycles. The van der Waals surface area contributed by atoms with E-state index in [1.54, 1.807) is 6.07 Å². The fourth-order valence-electron chi connectivity index (χ4n) is 3.47. The normalized spacial score (nSPS) is 21.2. The molecule has 1 amide bonds. The Balaban J connectivity index is 1.73. The van der Waals surface area contributed by atoms with Gasteiger partial charge in [-0.2, -0.15) is 5.10 Å². The van der Waals surface area contributed by atoms with Crippen LogP contribution in [0.25, 0.3) is 0 Å². The predicted octanol–water partition coefficient (Wildman–Crippen LogP) is 3.19. The van der Waals surface area contributed by atoms with E-state index >= 15 is 0 Å². The number of likely N-dealkylation sites (tertiary alicyclic amines) is 1. The average molecular weight is 330 g/mol. The molecule has 2 heterocycles. The Labute approximate surface area is 141 Å². The van der Waals surface area contributed by atoms with Crippen LogP contribution in [0.15, 0.2) is 24.3 Å². The maximum Gasteiger partial charge on any atom is 0.238 e. The Bertz CT molecular complexity index is 723. The van der Waals surface area contributed by atoms with Gasteiger partial charge in [0.1, 0.15) is 5.82 Å². The van der Waals surface area contributed by atoms with E-state index in [-0.39, 0.29) is 24.3 Å². The van der Waals surface area contributed by atoms with Gasteiger partial charge in [0.05, 0.1) is 23.6 Å². The smallest absolute Gasteiger partial charge is 0.238 e. The number of nitrogens with one attached hydrogen (secondary N) is 2. The van der Waals surface area contributed by atoms with E-state index in [2.05, 4.69) is 27.3 Å². The van der Waals surface area contributed by atoms with Crippen molar-refractivity contribution in [1.82, 2.24) is 15.1 Å². The monoisotopic (exact) mass is 330 g/mol. The number of aryl methyl sites for hydroxylation is 2. The molecule has 2 N–H and O–H groups in total. The zero-order valence-corrected chi connectivity index (χ0v) is 14.3. The maximum atomic E-state index is 14.2.